The summed E-state index contributed by atoms with van der Waals surface area (Å²) in [5.74, 6) is 1.49. The number of benzene rings is 1. The van der Waals surface area contributed by atoms with Crippen molar-refractivity contribution in [3.63, 3.8) is 0 Å². The number of hydrogen-bond acceptors (Lipinski definition) is 3. The molecule has 0 amide bonds. The van der Waals surface area contributed by atoms with Gasteiger partial charge in [0.05, 0.1) is 22.3 Å². The third kappa shape index (κ3) is 17.3. The van der Waals surface area contributed by atoms with Gasteiger partial charge in [-0.15, -0.1) is 0 Å². The summed E-state index contributed by atoms with van der Waals surface area (Å²) in [7, 11) is 0. The molecule has 3 nitrogen and oxygen atoms in total. The van der Waals surface area contributed by atoms with Crippen molar-refractivity contribution in [2.24, 2.45) is 0 Å². The SMILES string of the molecule is CCCCCCCCCCCCOc1cc(C=O)c(OCCCCCCCCCCCC)cc1I. The highest BCUT2D eigenvalue weighted by Gasteiger charge is 2.10. The molecule has 0 unspecified atom stereocenters. The van der Waals surface area contributed by atoms with Gasteiger partial charge < -0.3 is 9.47 Å². The fourth-order valence-electron chi connectivity index (χ4n) is 4.42. The lowest BCUT2D eigenvalue weighted by Gasteiger charge is -2.13. The topological polar surface area (TPSA) is 35.5 Å². The number of hydrogen-bond donors (Lipinski definition) is 0. The van der Waals surface area contributed by atoms with Crippen LogP contribution >= 0.6 is 22.6 Å². The van der Waals surface area contributed by atoms with Gasteiger partial charge in [0, 0.05) is 0 Å². The second kappa shape index (κ2) is 23.6. The van der Waals surface area contributed by atoms with E-state index < -0.39 is 0 Å². The Kier molecular flexibility index (Phi) is 21.8. The predicted octanol–water partition coefficient (Wildman–Crippen LogP) is 10.7. The molecule has 202 valence electrons. The second-order valence-electron chi connectivity index (χ2n) is 10.00. The minimum absolute atomic E-state index is 0.593. The Morgan fingerprint density at radius 2 is 0.943 bits per heavy atom. The molecule has 0 N–H and O–H groups in total. The van der Waals surface area contributed by atoms with Crippen LogP contribution in [-0.4, -0.2) is 19.5 Å². The summed E-state index contributed by atoms with van der Waals surface area (Å²) in [5, 5.41) is 0. The van der Waals surface area contributed by atoms with E-state index in [-0.39, 0.29) is 0 Å². The van der Waals surface area contributed by atoms with Crippen LogP contribution in [0, 0.1) is 3.57 Å². The van der Waals surface area contributed by atoms with Gasteiger partial charge in [-0.05, 0) is 47.6 Å². The lowest BCUT2D eigenvalue weighted by Crippen LogP contribution is -2.03. The number of carbonyl (C=O) groups is 1. The highest BCUT2D eigenvalue weighted by molar-refractivity contribution is 14.1. The first-order valence-electron chi connectivity index (χ1n) is 14.8. The Hall–Kier alpha value is -0.780. The number of unbranched alkanes of at least 4 members (excludes halogenated alkanes) is 18. The summed E-state index contributed by atoms with van der Waals surface area (Å²) in [6, 6.07) is 3.80. The number of halogens is 1. The zero-order chi connectivity index (χ0) is 25.4. The summed E-state index contributed by atoms with van der Waals surface area (Å²) < 4.78 is 13.0. The molecule has 0 bridgehead atoms. The van der Waals surface area contributed by atoms with E-state index in [1.807, 2.05) is 12.1 Å². The molecule has 0 spiro atoms. The monoisotopic (exact) mass is 600 g/mol. The Morgan fingerprint density at radius 1 is 0.571 bits per heavy atom. The van der Waals surface area contributed by atoms with E-state index in [4.69, 9.17) is 9.47 Å². The highest BCUT2D eigenvalue weighted by atomic mass is 127. The fraction of sp³-hybridized carbons (Fsp3) is 0.774. The Bertz CT molecular complexity index is 632. The van der Waals surface area contributed by atoms with Gasteiger partial charge in [0.25, 0.3) is 0 Å². The van der Waals surface area contributed by atoms with Gasteiger partial charge in [0.2, 0.25) is 0 Å². The Balaban J connectivity index is 2.16. The number of aldehydes is 1. The Labute approximate surface area is 230 Å². The van der Waals surface area contributed by atoms with Crippen LogP contribution in [0.5, 0.6) is 11.5 Å². The summed E-state index contributed by atoms with van der Waals surface area (Å²) in [4.78, 5) is 11.6. The van der Waals surface area contributed by atoms with Gasteiger partial charge in [-0.1, -0.05) is 129 Å². The van der Waals surface area contributed by atoms with Gasteiger partial charge in [-0.25, -0.2) is 0 Å². The van der Waals surface area contributed by atoms with E-state index in [1.165, 1.54) is 116 Å². The summed E-state index contributed by atoms with van der Waals surface area (Å²) in [5.41, 5.74) is 0.593. The molecule has 0 atom stereocenters. The molecule has 0 aliphatic rings. The molecular formula is C31H53IO3. The summed E-state index contributed by atoms with van der Waals surface area (Å²) in [6.07, 6.45) is 27.1. The molecule has 0 aliphatic carbocycles. The molecule has 0 heterocycles. The van der Waals surface area contributed by atoms with Crippen LogP contribution in [0.15, 0.2) is 12.1 Å². The largest absolute Gasteiger partial charge is 0.493 e. The first-order valence-corrected chi connectivity index (χ1v) is 15.8. The summed E-state index contributed by atoms with van der Waals surface area (Å²) in [6.45, 7) is 5.92. The molecule has 0 aliphatic heterocycles. The van der Waals surface area contributed by atoms with E-state index in [0.29, 0.717) is 24.5 Å². The molecule has 1 aromatic rings. The van der Waals surface area contributed by atoms with E-state index in [0.717, 1.165) is 28.4 Å². The van der Waals surface area contributed by atoms with Gasteiger partial charge >= 0.3 is 0 Å². The normalized spacial score (nSPS) is 11.1. The molecule has 4 heteroatoms. The van der Waals surface area contributed by atoms with Crippen LogP contribution in [0.2, 0.25) is 0 Å². The molecule has 0 aromatic heterocycles. The lowest BCUT2D eigenvalue weighted by atomic mass is 10.1. The smallest absolute Gasteiger partial charge is 0.153 e. The predicted molar refractivity (Wildman–Crippen MR) is 159 cm³/mol. The average Bonchev–Trinajstić information content (AvgIpc) is 2.86. The van der Waals surface area contributed by atoms with Crippen LogP contribution in [0.1, 0.15) is 153 Å². The summed E-state index contributed by atoms with van der Waals surface area (Å²) >= 11 is 2.29. The standard InChI is InChI=1S/C31H53IO3/c1-3-5-7-9-11-13-15-17-19-21-23-34-30-26-29(32)31(25-28(30)27-33)35-24-22-20-18-16-14-12-10-8-6-4-2/h25-27H,3-24H2,1-2H3. The molecular weight excluding hydrogens is 547 g/mol. The maximum atomic E-state index is 11.6. The highest BCUT2D eigenvalue weighted by Crippen LogP contribution is 2.30. The van der Waals surface area contributed by atoms with E-state index in [2.05, 4.69) is 36.4 Å². The molecule has 35 heavy (non-hydrogen) atoms. The molecule has 0 fully saturated rings. The Morgan fingerprint density at radius 3 is 1.34 bits per heavy atom. The van der Waals surface area contributed by atoms with Crippen molar-refractivity contribution < 1.29 is 14.3 Å². The van der Waals surface area contributed by atoms with E-state index >= 15 is 0 Å². The van der Waals surface area contributed by atoms with E-state index in [1.54, 1.807) is 0 Å². The van der Waals surface area contributed by atoms with Crippen molar-refractivity contribution >= 4 is 28.9 Å². The lowest BCUT2D eigenvalue weighted by molar-refractivity contribution is 0.111. The van der Waals surface area contributed by atoms with Gasteiger partial charge in [-0.2, -0.15) is 0 Å². The van der Waals surface area contributed by atoms with Crippen LogP contribution in [0.3, 0.4) is 0 Å². The average molecular weight is 601 g/mol. The molecule has 0 saturated carbocycles. The van der Waals surface area contributed by atoms with Gasteiger partial charge in [0.1, 0.15) is 11.5 Å². The van der Waals surface area contributed by atoms with Crippen molar-refractivity contribution in [3.05, 3.63) is 21.3 Å². The fourth-order valence-corrected chi connectivity index (χ4v) is 5.02. The zero-order valence-electron chi connectivity index (χ0n) is 22.9. The third-order valence-electron chi connectivity index (χ3n) is 6.70. The quantitative estimate of drug-likeness (QED) is 0.0636. The van der Waals surface area contributed by atoms with Crippen molar-refractivity contribution in [1.29, 1.82) is 0 Å². The zero-order valence-corrected chi connectivity index (χ0v) is 25.0. The number of carbonyl (C=O) groups excluding carboxylic acids is 1. The van der Waals surface area contributed by atoms with Crippen LogP contribution in [0.25, 0.3) is 0 Å². The van der Waals surface area contributed by atoms with Crippen molar-refractivity contribution in [2.45, 2.75) is 142 Å². The first-order chi connectivity index (χ1) is 17.2. The number of rotatable bonds is 25. The maximum absolute atomic E-state index is 11.6. The van der Waals surface area contributed by atoms with E-state index in [9.17, 15) is 4.79 Å². The van der Waals surface area contributed by atoms with Gasteiger partial charge in [-0.3, -0.25) is 4.79 Å². The minimum Gasteiger partial charge on any atom is -0.493 e. The van der Waals surface area contributed by atoms with Crippen LogP contribution in [0.4, 0.5) is 0 Å². The van der Waals surface area contributed by atoms with Gasteiger partial charge in [0.15, 0.2) is 6.29 Å². The van der Waals surface area contributed by atoms with Crippen molar-refractivity contribution in [1.82, 2.24) is 0 Å². The minimum atomic E-state index is 0.593. The maximum Gasteiger partial charge on any atom is 0.153 e. The van der Waals surface area contributed by atoms with Crippen molar-refractivity contribution in [3.8, 4) is 11.5 Å². The molecule has 0 radical (unpaired) electrons. The second-order valence-corrected chi connectivity index (χ2v) is 11.2. The van der Waals surface area contributed by atoms with Crippen molar-refractivity contribution in [2.75, 3.05) is 13.2 Å². The molecule has 1 aromatic carbocycles. The van der Waals surface area contributed by atoms with Crippen LogP contribution in [-0.2, 0) is 0 Å². The number of ether oxygens (including phenoxy) is 2. The molecule has 0 saturated heterocycles. The third-order valence-corrected chi connectivity index (χ3v) is 7.55. The first kappa shape index (κ1) is 32.2. The molecule has 1 rings (SSSR count). The van der Waals surface area contributed by atoms with Crippen LogP contribution < -0.4 is 9.47 Å².